The topological polar surface area (TPSA) is 32.3 Å². The molecule has 15 heavy (non-hydrogen) atoms. The molecule has 0 aliphatic carbocycles. The Morgan fingerprint density at radius 3 is 2.67 bits per heavy atom. The van der Waals surface area contributed by atoms with E-state index in [2.05, 4.69) is 5.32 Å². The molecule has 0 aliphatic heterocycles. The molecule has 1 amide bonds. The lowest BCUT2D eigenvalue weighted by Crippen LogP contribution is -2.22. The summed E-state index contributed by atoms with van der Waals surface area (Å²) in [5, 5.41) is 3.62. The van der Waals surface area contributed by atoms with Gasteiger partial charge in [0.15, 0.2) is 0 Å². The standard InChI is InChI=1S/C11H15ClN2O/c1-4-13-8-5-6-10(12)9(7-8)11(15)14(2)3/h5-7,13H,4H2,1-3H3. The molecule has 0 saturated carbocycles. The van der Waals surface area contributed by atoms with E-state index < -0.39 is 0 Å². The Hall–Kier alpha value is -1.22. The van der Waals surface area contributed by atoms with Crippen LogP contribution in [-0.4, -0.2) is 31.4 Å². The largest absolute Gasteiger partial charge is 0.385 e. The maximum atomic E-state index is 11.7. The molecule has 0 atom stereocenters. The molecule has 0 spiro atoms. The molecule has 4 heteroatoms. The quantitative estimate of drug-likeness (QED) is 0.859. The Morgan fingerprint density at radius 2 is 2.13 bits per heavy atom. The van der Waals surface area contributed by atoms with Gasteiger partial charge in [0.05, 0.1) is 10.6 Å². The van der Waals surface area contributed by atoms with Crippen molar-refractivity contribution >= 4 is 23.2 Å². The van der Waals surface area contributed by atoms with E-state index in [1.165, 1.54) is 4.90 Å². The highest BCUT2D eigenvalue weighted by molar-refractivity contribution is 6.33. The predicted octanol–water partition coefficient (Wildman–Crippen LogP) is 2.47. The summed E-state index contributed by atoms with van der Waals surface area (Å²) in [6, 6.07) is 5.36. The number of rotatable bonds is 3. The SMILES string of the molecule is CCNc1ccc(Cl)c(C(=O)N(C)C)c1. The van der Waals surface area contributed by atoms with E-state index in [9.17, 15) is 4.79 Å². The minimum atomic E-state index is -0.0836. The van der Waals surface area contributed by atoms with Crippen LogP contribution >= 0.6 is 11.6 Å². The van der Waals surface area contributed by atoms with E-state index in [1.54, 1.807) is 26.2 Å². The lowest BCUT2D eigenvalue weighted by Gasteiger charge is -2.13. The molecule has 1 aromatic carbocycles. The lowest BCUT2D eigenvalue weighted by molar-refractivity contribution is 0.0828. The predicted molar refractivity (Wildman–Crippen MR) is 63.6 cm³/mol. The zero-order valence-electron chi connectivity index (χ0n) is 9.17. The van der Waals surface area contributed by atoms with Crippen molar-refractivity contribution in [2.45, 2.75) is 6.92 Å². The number of anilines is 1. The first kappa shape index (κ1) is 11.9. The van der Waals surface area contributed by atoms with Gasteiger partial charge in [-0.2, -0.15) is 0 Å². The third kappa shape index (κ3) is 2.86. The van der Waals surface area contributed by atoms with Gasteiger partial charge >= 0.3 is 0 Å². The minimum Gasteiger partial charge on any atom is -0.385 e. The van der Waals surface area contributed by atoms with Gasteiger partial charge in [-0.3, -0.25) is 4.79 Å². The molecular formula is C11H15ClN2O. The number of benzene rings is 1. The fourth-order valence-corrected chi connectivity index (χ4v) is 1.44. The van der Waals surface area contributed by atoms with Gasteiger partial charge in [0.2, 0.25) is 0 Å². The van der Waals surface area contributed by atoms with Crippen LogP contribution in [0.2, 0.25) is 5.02 Å². The number of halogens is 1. The summed E-state index contributed by atoms with van der Waals surface area (Å²) in [5.41, 5.74) is 1.44. The smallest absolute Gasteiger partial charge is 0.254 e. The summed E-state index contributed by atoms with van der Waals surface area (Å²) in [6.45, 7) is 2.82. The van der Waals surface area contributed by atoms with Gasteiger partial charge in [0.1, 0.15) is 0 Å². The fourth-order valence-electron chi connectivity index (χ4n) is 1.24. The van der Waals surface area contributed by atoms with E-state index in [0.717, 1.165) is 12.2 Å². The van der Waals surface area contributed by atoms with Crippen molar-refractivity contribution in [1.29, 1.82) is 0 Å². The van der Waals surface area contributed by atoms with Crippen LogP contribution < -0.4 is 5.32 Å². The number of carbonyl (C=O) groups is 1. The first-order valence-electron chi connectivity index (χ1n) is 4.81. The van der Waals surface area contributed by atoms with Crippen molar-refractivity contribution in [2.24, 2.45) is 0 Å². The highest BCUT2D eigenvalue weighted by Crippen LogP contribution is 2.21. The van der Waals surface area contributed by atoms with Gasteiger partial charge in [-0.05, 0) is 25.1 Å². The average Bonchev–Trinajstić information content (AvgIpc) is 2.20. The van der Waals surface area contributed by atoms with Gasteiger partial charge in [0, 0.05) is 26.3 Å². The van der Waals surface area contributed by atoms with Crippen molar-refractivity contribution in [3.05, 3.63) is 28.8 Å². The van der Waals surface area contributed by atoms with E-state index in [-0.39, 0.29) is 5.91 Å². The van der Waals surface area contributed by atoms with Crippen LogP contribution in [0.5, 0.6) is 0 Å². The summed E-state index contributed by atoms with van der Waals surface area (Å²) in [4.78, 5) is 13.2. The average molecular weight is 227 g/mol. The van der Waals surface area contributed by atoms with Gasteiger partial charge in [-0.15, -0.1) is 0 Å². The molecule has 0 bridgehead atoms. The number of hydrogen-bond acceptors (Lipinski definition) is 2. The number of nitrogens with one attached hydrogen (secondary N) is 1. The molecule has 0 radical (unpaired) electrons. The van der Waals surface area contributed by atoms with E-state index in [4.69, 9.17) is 11.6 Å². The van der Waals surface area contributed by atoms with E-state index in [0.29, 0.717) is 10.6 Å². The normalized spacial score (nSPS) is 9.87. The molecular weight excluding hydrogens is 212 g/mol. The second kappa shape index (κ2) is 5.03. The Labute approximate surface area is 95.0 Å². The first-order chi connectivity index (χ1) is 7.06. The molecule has 1 aromatic rings. The minimum absolute atomic E-state index is 0.0836. The van der Waals surface area contributed by atoms with E-state index in [1.807, 2.05) is 13.0 Å². The lowest BCUT2D eigenvalue weighted by atomic mass is 10.2. The van der Waals surface area contributed by atoms with Crippen molar-refractivity contribution in [1.82, 2.24) is 4.90 Å². The van der Waals surface area contributed by atoms with Gasteiger partial charge in [-0.25, -0.2) is 0 Å². The zero-order chi connectivity index (χ0) is 11.4. The molecule has 0 unspecified atom stereocenters. The summed E-state index contributed by atoms with van der Waals surface area (Å²) < 4.78 is 0. The Kier molecular flexibility index (Phi) is 3.97. The number of nitrogens with zero attached hydrogens (tertiary/aromatic N) is 1. The zero-order valence-corrected chi connectivity index (χ0v) is 9.93. The highest BCUT2D eigenvalue weighted by atomic mass is 35.5. The second-order valence-electron chi connectivity index (χ2n) is 3.42. The van der Waals surface area contributed by atoms with Gasteiger partial charge in [0.25, 0.3) is 5.91 Å². The molecule has 3 nitrogen and oxygen atoms in total. The maximum absolute atomic E-state index is 11.7. The Morgan fingerprint density at radius 1 is 1.47 bits per heavy atom. The molecule has 1 N–H and O–H groups in total. The Balaban J connectivity index is 3.05. The summed E-state index contributed by atoms with van der Waals surface area (Å²) in [6.07, 6.45) is 0. The summed E-state index contributed by atoms with van der Waals surface area (Å²) in [7, 11) is 3.41. The van der Waals surface area contributed by atoms with Crippen molar-refractivity contribution in [3.63, 3.8) is 0 Å². The maximum Gasteiger partial charge on any atom is 0.254 e. The summed E-state index contributed by atoms with van der Waals surface area (Å²) >= 11 is 5.96. The van der Waals surface area contributed by atoms with Crippen LogP contribution in [0.15, 0.2) is 18.2 Å². The molecule has 1 rings (SSSR count). The molecule has 0 saturated heterocycles. The fraction of sp³-hybridized carbons (Fsp3) is 0.364. The van der Waals surface area contributed by atoms with Crippen LogP contribution in [-0.2, 0) is 0 Å². The van der Waals surface area contributed by atoms with Crippen LogP contribution in [0.3, 0.4) is 0 Å². The van der Waals surface area contributed by atoms with Crippen LogP contribution in [0, 0.1) is 0 Å². The second-order valence-corrected chi connectivity index (χ2v) is 3.83. The van der Waals surface area contributed by atoms with Crippen LogP contribution in [0.25, 0.3) is 0 Å². The molecule has 0 aliphatic rings. The summed E-state index contributed by atoms with van der Waals surface area (Å²) in [5.74, 6) is -0.0836. The molecule has 0 fully saturated rings. The Bertz CT molecular complexity index is 364. The monoisotopic (exact) mass is 226 g/mol. The van der Waals surface area contributed by atoms with Gasteiger partial charge < -0.3 is 10.2 Å². The number of amides is 1. The van der Waals surface area contributed by atoms with Crippen LogP contribution in [0.1, 0.15) is 17.3 Å². The van der Waals surface area contributed by atoms with Crippen molar-refractivity contribution in [2.75, 3.05) is 26.0 Å². The molecule has 0 heterocycles. The third-order valence-corrected chi connectivity index (χ3v) is 2.31. The molecule has 82 valence electrons. The van der Waals surface area contributed by atoms with Crippen LogP contribution in [0.4, 0.5) is 5.69 Å². The first-order valence-corrected chi connectivity index (χ1v) is 5.19. The highest BCUT2D eigenvalue weighted by Gasteiger charge is 2.12. The third-order valence-electron chi connectivity index (χ3n) is 1.98. The number of hydrogen-bond donors (Lipinski definition) is 1. The van der Waals surface area contributed by atoms with E-state index >= 15 is 0 Å². The molecule has 0 aromatic heterocycles. The van der Waals surface area contributed by atoms with Gasteiger partial charge in [-0.1, -0.05) is 11.6 Å². The van der Waals surface area contributed by atoms with Crippen molar-refractivity contribution in [3.8, 4) is 0 Å². The number of carbonyl (C=O) groups excluding carboxylic acids is 1. The van der Waals surface area contributed by atoms with Crippen molar-refractivity contribution < 1.29 is 4.79 Å².